The summed E-state index contributed by atoms with van der Waals surface area (Å²) in [5.41, 5.74) is 0.886. The molecule has 90 valence electrons. The predicted molar refractivity (Wildman–Crippen MR) is 66.7 cm³/mol. The molecule has 0 aliphatic carbocycles. The molecule has 0 amide bonds. The fraction of sp³-hybridized carbons (Fsp3) is 0.500. The maximum Gasteiger partial charge on any atom is 0.123 e. The lowest BCUT2D eigenvalue weighted by molar-refractivity contribution is 0.207. The Bertz CT molecular complexity index is 346. The van der Waals surface area contributed by atoms with E-state index in [-0.39, 0.29) is 24.4 Å². The monoisotopic (exact) mass is 289 g/mol. The molecule has 2 unspecified atom stereocenters. The predicted octanol–water partition coefficient (Wildman–Crippen LogP) is 2.69. The van der Waals surface area contributed by atoms with E-state index >= 15 is 0 Å². The number of halogens is 2. The average molecular weight is 290 g/mol. The maximum atomic E-state index is 13.0. The summed E-state index contributed by atoms with van der Waals surface area (Å²) in [4.78, 5) is 0. The number of nitrogens with one attached hydrogen (secondary N) is 1. The first-order valence-electron chi connectivity index (χ1n) is 5.32. The Morgan fingerprint density at radius 3 is 2.75 bits per heavy atom. The minimum atomic E-state index is -0.233. The molecular weight excluding hydrogens is 273 g/mol. The molecule has 1 aromatic rings. The van der Waals surface area contributed by atoms with Crippen LogP contribution in [0.2, 0.25) is 0 Å². The summed E-state index contributed by atoms with van der Waals surface area (Å²) >= 11 is 3.38. The molecule has 0 saturated heterocycles. The molecule has 0 aliphatic heterocycles. The van der Waals surface area contributed by atoms with E-state index in [4.69, 9.17) is 5.11 Å². The number of aliphatic hydroxyl groups excluding tert-OH is 1. The van der Waals surface area contributed by atoms with Gasteiger partial charge in [-0.15, -0.1) is 0 Å². The molecule has 0 fully saturated rings. The lowest BCUT2D eigenvalue weighted by atomic mass is 10.0. The van der Waals surface area contributed by atoms with Crippen molar-refractivity contribution < 1.29 is 9.50 Å². The summed E-state index contributed by atoms with van der Waals surface area (Å²) in [5, 5.41) is 12.3. The number of rotatable bonds is 5. The molecule has 1 aromatic carbocycles. The van der Waals surface area contributed by atoms with E-state index in [1.807, 2.05) is 13.8 Å². The van der Waals surface area contributed by atoms with Crippen molar-refractivity contribution in [3.63, 3.8) is 0 Å². The molecule has 0 aromatic heterocycles. The number of aliphatic hydroxyl groups is 1. The molecule has 2 N–H and O–H groups in total. The molecule has 0 aliphatic rings. The van der Waals surface area contributed by atoms with Crippen molar-refractivity contribution in [1.29, 1.82) is 0 Å². The zero-order valence-corrected chi connectivity index (χ0v) is 11.1. The largest absolute Gasteiger partial charge is 0.396 e. The van der Waals surface area contributed by atoms with Crippen LogP contribution >= 0.6 is 15.9 Å². The highest BCUT2D eigenvalue weighted by atomic mass is 79.9. The van der Waals surface area contributed by atoms with Crippen molar-refractivity contribution in [2.45, 2.75) is 26.4 Å². The summed E-state index contributed by atoms with van der Waals surface area (Å²) in [6.07, 6.45) is 0. The summed E-state index contributed by atoms with van der Waals surface area (Å²) < 4.78 is 13.9. The van der Waals surface area contributed by atoms with Gasteiger partial charge in [-0.1, -0.05) is 22.9 Å². The molecule has 1 rings (SSSR count). The molecule has 4 heteroatoms. The number of hydrogen-bond donors (Lipinski definition) is 2. The topological polar surface area (TPSA) is 32.3 Å². The second kappa shape index (κ2) is 6.33. The molecule has 16 heavy (non-hydrogen) atoms. The molecule has 0 saturated carbocycles. The van der Waals surface area contributed by atoms with Gasteiger partial charge in [-0.25, -0.2) is 4.39 Å². The second-order valence-corrected chi connectivity index (χ2v) is 4.92. The summed E-state index contributed by atoms with van der Waals surface area (Å²) in [7, 11) is 0. The fourth-order valence-electron chi connectivity index (χ4n) is 1.31. The van der Waals surface area contributed by atoms with E-state index in [2.05, 4.69) is 21.2 Å². The first-order chi connectivity index (χ1) is 7.54. The van der Waals surface area contributed by atoms with Crippen molar-refractivity contribution in [1.82, 2.24) is 5.32 Å². The Labute approximate surface area is 104 Å². The smallest absolute Gasteiger partial charge is 0.123 e. The van der Waals surface area contributed by atoms with Crippen molar-refractivity contribution >= 4 is 15.9 Å². The van der Waals surface area contributed by atoms with E-state index < -0.39 is 0 Å². The van der Waals surface area contributed by atoms with Gasteiger partial charge in [0.15, 0.2) is 0 Å². The molecule has 0 heterocycles. The molecular formula is C12H17BrFNO. The quantitative estimate of drug-likeness (QED) is 0.874. The van der Waals surface area contributed by atoms with Crippen molar-refractivity contribution in [2.24, 2.45) is 5.92 Å². The van der Waals surface area contributed by atoms with Gasteiger partial charge in [0.05, 0.1) is 0 Å². The van der Waals surface area contributed by atoms with E-state index in [0.29, 0.717) is 6.54 Å². The Morgan fingerprint density at radius 2 is 2.12 bits per heavy atom. The van der Waals surface area contributed by atoms with Crippen LogP contribution in [0.3, 0.4) is 0 Å². The van der Waals surface area contributed by atoms with Crippen molar-refractivity contribution in [3.8, 4) is 0 Å². The van der Waals surface area contributed by atoms with Gasteiger partial charge in [0.1, 0.15) is 5.82 Å². The normalized spacial score (nSPS) is 14.8. The lowest BCUT2D eigenvalue weighted by Crippen LogP contribution is -2.33. The van der Waals surface area contributed by atoms with Gasteiger partial charge < -0.3 is 10.4 Å². The molecule has 0 spiro atoms. The van der Waals surface area contributed by atoms with Crippen LogP contribution in [-0.2, 0) is 6.54 Å². The summed E-state index contributed by atoms with van der Waals surface area (Å²) in [5.74, 6) is -0.0461. The second-order valence-electron chi connectivity index (χ2n) is 4.07. The highest BCUT2D eigenvalue weighted by Crippen LogP contribution is 2.18. The highest BCUT2D eigenvalue weighted by molar-refractivity contribution is 9.10. The number of benzene rings is 1. The number of hydrogen-bond acceptors (Lipinski definition) is 2. The van der Waals surface area contributed by atoms with Gasteiger partial charge in [-0.2, -0.15) is 0 Å². The van der Waals surface area contributed by atoms with Crippen LogP contribution in [0.5, 0.6) is 0 Å². The molecule has 0 radical (unpaired) electrons. The van der Waals surface area contributed by atoms with Gasteiger partial charge in [0.2, 0.25) is 0 Å². The van der Waals surface area contributed by atoms with E-state index in [9.17, 15) is 4.39 Å². The van der Waals surface area contributed by atoms with Crippen LogP contribution in [0.25, 0.3) is 0 Å². The van der Waals surface area contributed by atoms with E-state index in [1.165, 1.54) is 12.1 Å². The zero-order chi connectivity index (χ0) is 12.1. The van der Waals surface area contributed by atoms with E-state index in [1.54, 1.807) is 6.07 Å². The van der Waals surface area contributed by atoms with Gasteiger partial charge in [0, 0.05) is 23.7 Å². The molecule has 2 atom stereocenters. The Kier molecular flexibility index (Phi) is 5.38. The van der Waals surface area contributed by atoms with Gasteiger partial charge >= 0.3 is 0 Å². The van der Waals surface area contributed by atoms with Crippen LogP contribution in [0.1, 0.15) is 19.4 Å². The Balaban J connectivity index is 2.57. The first kappa shape index (κ1) is 13.6. The van der Waals surface area contributed by atoms with Crippen LogP contribution in [-0.4, -0.2) is 17.8 Å². The van der Waals surface area contributed by atoms with Gasteiger partial charge in [-0.05, 0) is 36.6 Å². The third kappa shape index (κ3) is 3.85. The Morgan fingerprint density at radius 1 is 1.44 bits per heavy atom. The SMILES string of the molecule is CC(CO)C(C)NCc1cc(F)ccc1Br. The first-order valence-corrected chi connectivity index (χ1v) is 6.12. The van der Waals surface area contributed by atoms with Crippen molar-refractivity contribution in [3.05, 3.63) is 34.1 Å². The van der Waals surface area contributed by atoms with Gasteiger partial charge in [-0.3, -0.25) is 0 Å². The zero-order valence-electron chi connectivity index (χ0n) is 9.50. The third-order valence-corrected chi connectivity index (χ3v) is 3.54. The van der Waals surface area contributed by atoms with Crippen LogP contribution in [0, 0.1) is 11.7 Å². The standard InChI is InChI=1S/C12H17BrFNO/c1-8(7-16)9(2)15-6-10-5-11(14)3-4-12(10)13/h3-5,8-9,15-16H,6-7H2,1-2H3. The Hall–Kier alpha value is -0.450. The minimum absolute atomic E-state index is 0.151. The highest BCUT2D eigenvalue weighted by Gasteiger charge is 2.11. The van der Waals surface area contributed by atoms with Crippen LogP contribution in [0.4, 0.5) is 4.39 Å². The van der Waals surface area contributed by atoms with Crippen LogP contribution in [0.15, 0.2) is 22.7 Å². The maximum absolute atomic E-state index is 13.0. The fourth-order valence-corrected chi connectivity index (χ4v) is 1.70. The van der Waals surface area contributed by atoms with Crippen molar-refractivity contribution in [2.75, 3.05) is 6.61 Å². The van der Waals surface area contributed by atoms with Crippen LogP contribution < -0.4 is 5.32 Å². The third-order valence-electron chi connectivity index (χ3n) is 2.76. The molecule has 2 nitrogen and oxygen atoms in total. The minimum Gasteiger partial charge on any atom is -0.396 e. The summed E-state index contributed by atoms with van der Waals surface area (Å²) in [6, 6.07) is 4.83. The average Bonchev–Trinajstić information content (AvgIpc) is 2.28. The lowest BCUT2D eigenvalue weighted by Gasteiger charge is -2.19. The summed E-state index contributed by atoms with van der Waals surface area (Å²) in [6.45, 7) is 4.72. The molecule has 0 bridgehead atoms. The van der Waals surface area contributed by atoms with Gasteiger partial charge in [0.25, 0.3) is 0 Å². The van der Waals surface area contributed by atoms with E-state index in [0.717, 1.165) is 10.0 Å².